The molecule has 4 rings (SSSR count). The van der Waals surface area contributed by atoms with Gasteiger partial charge in [0.25, 0.3) is 5.91 Å². The first-order valence-electron chi connectivity index (χ1n) is 9.74. The summed E-state index contributed by atoms with van der Waals surface area (Å²) in [6.45, 7) is 3.93. The van der Waals surface area contributed by atoms with Crippen LogP contribution in [-0.4, -0.2) is 44.0 Å². The molecule has 142 valence electrons. The normalized spacial score (nSPS) is 17.8. The number of fused-ring (bicyclic) bond motifs is 1. The van der Waals surface area contributed by atoms with Crippen LogP contribution in [0.5, 0.6) is 0 Å². The molecule has 1 saturated heterocycles. The number of nitrogens with zero attached hydrogens (tertiary/aromatic N) is 2. The summed E-state index contributed by atoms with van der Waals surface area (Å²) in [4.78, 5) is 17.5. The second kappa shape index (κ2) is 8.03. The van der Waals surface area contributed by atoms with E-state index in [1.165, 1.54) is 29.7 Å². The number of carbonyl (C=O) groups is 1. The molecule has 4 nitrogen and oxygen atoms in total. The Hall–Kier alpha value is -1.85. The van der Waals surface area contributed by atoms with E-state index < -0.39 is 0 Å². The lowest BCUT2D eigenvalue weighted by Gasteiger charge is -2.29. The molecule has 2 aromatic rings. The Morgan fingerprint density at radius 1 is 1.15 bits per heavy atom. The van der Waals surface area contributed by atoms with Crippen LogP contribution >= 0.6 is 15.9 Å². The molecule has 0 aromatic heterocycles. The lowest BCUT2D eigenvalue weighted by atomic mass is 10.0. The highest BCUT2D eigenvalue weighted by molar-refractivity contribution is 9.10. The van der Waals surface area contributed by atoms with E-state index in [-0.39, 0.29) is 11.9 Å². The van der Waals surface area contributed by atoms with Crippen molar-refractivity contribution in [2.24, 2.45) is 0 Å². The molecule has 0 bridgehead atoms. The number of likely N-dealkylation sites (N-methyl/N-ethyl adjacent to an activating group) is 1. The fourth-order valence-corrected chi connectivity index (χ4v) is 4.70. The Bertz CT molecular complexity index is 832. The molecule has 2 heterocycles. The summed E-state index contributed by atoms with van der Waals surface area (Å²) in [5.74, 6) is -0.0208. The predicted molar refractivity (Wildman–Crippen MR) is 113 cm³/mol. The van der Waals surface area contributed by atoms with Gasteiger partial charge in [-0.15, -0.1) is 0 Å². The van der Waals surface area contributed by atoms with Crippen molar-refractivity contribution in [2.45, 2.75) is 25.3 Å². The van der Waals surface area contributed by atoms with Crippen LogP contribution in [0.4, 0.5) is 5.69 Å². The highest BCUT2D eigenvalue weighted by Gasteiger charge is 2.26. The van der Waals surface area contributed by atoms with E-state index in [1.807, 2.05) is 24.3 Å². The average molecular weight is 428 g/mol. The van der Waals surface area contributed by atoms with Crippen LogP contribution in [-0.2, 0) is 6.42 Å². The van der Waals surface area contributed by atoms with E-state index in [1.54, 1.807) is 0 Å². The van der Waals surface area contributed by atoms with Gasteiger partial charge in [-0.2, -0.15) is 0 Å². The van der Waals surface area contributed by atoms with Crippen LogP contribution in [0.25, 0.3) is 0 Å². The number of rotatable bonds is 5. The first kappa shape index (κ1) is 18.5. The number of benzene rings is 2. The molecule has 2 aliphatic rings. The third-order valence-electron chi connectivity index (χ3n) is 5.77. The van der Waals surface area contributed by atoms with E-state index in [0.717, 1.165) is 30.5 Å². The SMILES string of the molecule is CN1CCc2cc([C@@H](CNC(=O)c3ccccc3Br)N3CCCC3)ccc21. The van der Waals surface area contributed by atoms with Gasteiger partial charge in [0.1, 0.15) is 0 Å². The molecule has 0 radical (unpaired) electrons. The number of hydrogen-bond acceptors (Lipinski definition) is 3. The van der Waals surface area contributed by atoms with E-state index in [9.17, 15) is 4.79 Å². The van der Waals surface area contributed by atoms with Crippen molar-refractivity contribution in [1.82, 2.24) is 10.2 Å². The highest BCUT2D eigenvalue weighted by atomic mass is 79.9. The van der Waals surface area contributed by atoms with Gasteiger partial charge in [-0.3, -0.25) is 9.69 Å². The number of hydrogen-bond donors (Lipinski definition) is 1. The third-order valence-corrected chi connectivity index (χ3v) is 6.46. The summed E-state index contributed by atoms with van der Waals surface area (Å²) >= 11 is 3.48. The smallest absolute Gasteiger partial charge is 0.252 e. The van der Waals surface area contributed by atoms with Gasteiger partial charge >= 0.3 is 0 Å². The molecule has 1 atom stereocenters. The lowest BCUT2D eigenvalue weighted by molar-refractivity contribution is 0.0937. The van der Waals surface area contributed by atoms with Gasteiger partial charge in [0.15, 0.2) is 0 Å². The Balaban J connectivity index is 1.53. The van der Waals surface area contributed by atoms with Gasteiger partial charge in [-0.05, 0) is 77.6 Å². The van der Waals surface area contributed by atoms with Gasteiger partial charge < -0.3 is 10.2 Å². The van der Waals surface area contributed by atoms with Gasteiger partial charge in [0.05, 0.1) is 11.6 Å². The van der Waals surface area contributed by atoms with Crippen molar-refractivity contribution in [3.05, 3.63) is 63.6 Å². The minimum absolute atomic E-state index is 0.0208. The fourth-order valence-electron chi connectivity index (χ4n) is 4.23. The first-order valence-corrected chi connectivity index (χ1v) is 10.5. The van der Waals surface area contributed by atoms with Gasteiger partial charge in [0, 0.05) is 30.3 Å². The van der Waals surface area contributed by atoms with Crippen LogP contribution in [0.1, 0.15) is 40.4 Å². The van der Waals surface area contributed by atoms with E-state index in [2.05, 4.69) is 56.3 Å². The maximum atomic E-state index is 12.7. The molecule has 1 amide bonds. The fraction of sp³-hybridized carbons (Fsp3) is 0.409. The van der Waals surface area contributed by atoms with Crippen molar-refractivity contribution in [1.29, 1.82) is 0 Å². The van der Waals surface area contributed by atoms with Crippen molar-refractivity contribution in [2.75, 3.05) is 38.1 Å². The van der Waals surface area contributed by atoms with E-state index in [4.69, 9.17) is 0 Å². The molecule has 27 heavy (non-hydrogen) atoms. The quantitative estimate of drug-likeness (QED) is 0.782. The number of likely N-dealkylation sites (tertiary alicyclic amines) is 1. The maximum Gasteiger partial charge on any atom is 0.252 e. The van der Waals surface area contributed by atoms with Crippen molar-refractivity contribution < 1.29 is 4.79 Å². The number of anilines is 1. The number of nitrogens with one attached hydrogen (secondary N) is 1. The Morgan fingerprint density at radius 2 is 1.93 bits per heavy atom. The summed E-state index contributed by atoms with van der Waals surface area (Å²) in [7, 11) is 2.15. The number of halogens is 1. The van der Waals surface area contributed by atoms with Crippen molar-refractivity contribution in [3.63, 3.8) is 0 Å². The Labute approximate surface area is 169 Å². The zero-order valence-corrected chi connectivity index (χ0v) is 17.3. The topological polar surface area (TPSA) is 35.6 Å². The zero-order chi connectivity index (χ0) is 18.8. The van der Waals surface area contributed by atoms with E-state index in [0.29, 0.717) is 12.1 Å². The summed E-state index contributed by atoms with van der Waals surface area (Å²) in [6.07, 6.45) is 3.58. The molecule has 1 fully saturated rings. The number of amides is 1. The summed E-state index contributed by atoms with van der Waals surface area (Å²) in [5.41, 5.74) is 4.78. The highest BCUT2D eigenvalue weighted by Crippen LogP contribution is 2.32. The molecule has 2 aliphatic heterocycles. The molecule has 5 heteroatoms. The van der Waals surface area contributed by atoms with Gasteiger partial charge in [-0.1, -0.05) is 24.3 Å². The molecule has 0 aliphatic carbocycles. The molecule has 1 N–H and O–H groups in total. The largest absolute Gasteiger partial charge is 0.374 e. The molecule has 0 unspecified atom stereocenters. The first-order chi connectivity index (χ1) is 13.1. The predicted octanol–water partition coefficient (Wildman–Crippen LogP) is 4.01. The third kappa shape index (κ3) is 3.90. The van der Waals surface area contributed by atoms with Crippen molar-refractivity contribution in [3.8, 4) is 0 Å². The molecule has 0 saturated carbocycles. The summed E-state index contributed by atoms with van der Waals surface area (Å²) < 4.78 is 0.834. The van der Waals surface area contributed by atoms with Crippen LogP contribution in [0.15, 0.2) is 46.9 Å². The summed E-state index contributed by atoms with van der Waals surface area (Å²) in [5, 5.41) is 3.17. The second-order valence-electron chi connectivity index (χ2n) is 7.51. The Morgan fingerprint density at radius 3 is 2.70 bits per heavy atom. The monoisotopic (exact) mass is 427 g/mol. The second-order valence-corrected chi connectivity index (χ2v) is 8.36. The average Bonchev–Trinajstić information content (AvgIpc) is 3.33. The number of carbonyl (C=O) groups excluding carboxylic acids is 1. The molecule has 0 spiro atoms. The summed E-state index contributed by atoms with van der Waals surface area (Å²) in [6, 6.07) is 14.7. The minimum Gasteiger partial charge on any atom is -0.374 e. The van der Waals surface area contributed by atoms with Crippen LogP contribution < -0.4 is 10.2 Å². The lowest BCUT2D eigenvalue weighted by Crippen LogP contribution is -2.37. The van der Waals surface area contributed by atoms with Gasteiger partial charge in [0.2, 0.25) is 0 Å². The Kier molecular flexibility index (Phi) is 5.50. The van der Waals surface area contributed by atoms with Crippen LogP contribution in [0, 0.1) is 0 Å². The zero-order valence-electron chi connectivity index (χ0n) is 15.7. The molecule has 2 aromatic carbocycles. The molecular weight excluding hydrogens is 402 g/mol. The maximum absolute atomic E-state index is 12.7. The minimum atomic E-state index is -0.0208. The van der Waals surface area contributed by atoms with Crippen LogP contribution in [0.2, 0.25) is 0 Å². The van der Waals surface area contributed by atoms with Crippen LogP contribution in [0.3, 0.4) is 0 Å². The van der Waals surface area contributed by atoms with Gasteiger partial charge in [-0.25, -0.2) is 0 Å². The molecular formula is C22H26BrN3O. The van der Waals surface area contributed by atoms with Crippen molar-refractivity contribution >= 4 is 27.5 Å². The van der Waals surface area contributed by atoms with E-state index >= 15 is 0 Å². The standard InChI is InChI=1S/C22H26BrN3O/c1-25-13-10-17-14-16(8-9-20(17)25)21(26-11-4-5-12-26)15-24-22(27)18-6-2-3-7-19(18)23/h2-3,6-9,14,21H,4-5,10-13,15H2,1H3,(H,24,27)/t21-/m1/s1.